The van der Waals surface area contributed by atoms with Crippen LogP contribution in [0.4, 0.5) is 0 Å². The number of carbonyl (C=O) groups is 3. The summed E-state index contributed by atoms with van der Waals surface area (Å²) in [6.07, 6.45) is 10.6. The van der Waals surface area contributed by atoms with Crippen molar-refractivity contribution in [1.29, 1.82) is 0 Å². The van der Waals surface area contributed by atoms with Gasteiger partial charge in [-0.25, -0.2) is 0 Å². The molecular formula is C31H44O4. The minimum absolute atomic E-state index is 0.0241. The smallest absolute Gasteiger partial charge is 0.187 e. The van der Waals surface area contributed by atoms with Gasteiger partial charge in [-0.1, -0.05) is 44.1 Å². The number of ketones is 3. The number of hydrogen-bond acceptors (Lipinski definition) is 4. The van der Waals surface area contributed by atoms with Gasteiger partial charge in [-0.15, -0.1) is 0 Å². The SMILES string of the molecule is CC(C)=CCC[C@@]1(C)[C@H](CC=C(C)C)C[C@]2(C)C(=O)[C@@]1(C(=O)C(C)C)C(=O)C1=C2OC(C)(C)C=C1. The van der Waals surface area contributed by atoms with E-state index in [1.54, 1.807) is 6.08 Å². The molecule has 0 aromatic rings. The van der Waals surface area contributed by atoms with Crippen molar-refractivity contribution in [3.63, 3.8) is 0 Å². The summed E-state index contributed by atoms with van der Waals surface area (Å²) >= 11 is 0. The Labute approximate surface area is 212 Å². The van der Waals surface area contributed by atoms with Crippen molar-refractivity contribution in [2.45, 2.75) is 101 Å². The van der Waals surface area contributed by atoms with Crippen LogP contribution < -0.4 is 0 Å². The zero-order valence-electron chi connectivity index (χ0n) is 23.4. The van der Waals surface area contributed by atoms with Crippen LogP contribution in [-0.2, 0) is 19.1 Å². The standard InChI is InChI=1S/C31H44O4/c1-19(2)12-11-16-30(10)22(14-13-20(3)4)18-29(9)26-23(15-17-28(7,8)35-26)25(33)31(30,27(29)34)24(32)21(5)6/h12-13,15,17,21-22H,11,14,16,18H2,1-10H3/t22-,29+,30+,31-/m1/s1. The molecule has 0 unspecified atom stereocenters. The molecule has 0 saturated heterocycles. The third-order valence-corrected chi connectivity index (χ3v) is 8.52. The van der Waals surface area contributed by atoms with Gasteiger partial charge in [-0.3, -0.25) is 14.4 Å². The lowest BCUT2D eigenvalue weighted by Crippen LogP contribution is -2.71. The van der Waals surface area contributed by atoms with Crippen LogP contribution >= 0.6 is 0 Å². The summed E-state index contributed by atoms with van der Waals surface area (Å²) in [6, 6.07) is 0. The van der Waals surface area contributed by atoms with Gasteiger partial charge in [-0.05, 0) is 97.6 Å². The van der Waals surface area contributed by atoms with E-state index in [1.165, 1.54) is 11.1 Å². The van der Waals surface area contributed by atoms with Gasteiger partial charge in [0.15, 0.2) is 22.8 Å². The third-order valence-electron chi connectivity index (χ3n) is 8.52. The maximum Gasteiger partial charge on any atom is 0.187 e. The molecule has 0 aromatic carbocycles. The van der Waals surface area contributed by atoms with Gasteiger partial charge in [0.1, 0.15) is 11.4 Å². The number of ether oxygens (including phenoxy) is 1. The number of Topliss-reactive ketones (excluding diaryl/α,β-unsaturated/α-hetero) is 3. The first kappa shape index (κ1) is 27.4. The summed E-state index contributed by atoms with van der Waals surface area (Å²) < 4.78 is 6.36. The van der Waals surface area contributed by atoms with Gasteiger partial charge in [0, 0.05) is 5.92 Å². The van der Waals surface area contributed by atoms with Crippen molar-refractivity contribution in [2.24, 2.45) is 28.1 Å². The second kappa shape index (κ2) is 9.01. The van der Waals surface area contributed by atoms with Crippen LogP contribution in [0.1, 0.15) is 94.9 Å². The minimum Gasteiger partial charge on any atom is -0.486 e. The molecule has 0 aromatic heterocycles. The maximum absolute atomic E-state index is 14.7. The quantitative estimate of drug-likeness (QED) is 0.288. The van der Waals surface area contributed by atoms with Gasteiger partial charge in [0.2, 0.25) is 0 Å². The molecule has 0 radical (unpaired) electrons. The topological polar surface area (TPSA) is 60.4 Å². The van der Waals surface area contributed by atoms with Crippen LogP contribution in [0.5, 0.6) is 0 Å². The summed E-state index contributed by atoms with van der Waals surface area (Å²) in [7, 11) is 0. The number of rotatable bonds is 7. The van der Waals surface area contributed by atoms with E-state index < -0.39 is 27.8 Å². The average molecular weight is 481 g/mol. The van der Waals surface area contributed by atoms with Crippen molar-refractivity contribution in [3.05, 3.63) is 46.8 Å². The Morgan fingerprint density at radius 3 is 2.20 bits per heavy atom. The van der Waals surface area contributed by atoms with E-state index in [4.69, 9.17) is 4.74 Å². The van der Waals surface area contributed by atoms with Crippen LogP contribution in [0.25, 0.3) is 0 Å². The Morgan fingerprint density at radius 2 is 1.66 bits per heavy atom. The fourth-order valence-corrected chi connectivity index (χ4v) is 6.56. The van der Waals surface area contributed by atoms with E-state index in [1.807, 2.05) is 47.6 Å². The Bertz CT molecular complexity index is 1060. The highest BCUT2D eigenvalue weighted by Crippen LogP contribution is 2.67. The highest BCUT2D eigenvalue weighted by molar-refractivity contribution is 6.34. The molecular weight excluding hydrogens is 436 g/mol. The molecule has 1 fully saturated rings. The van der Waals surface area contributed by atoms with Gasteiger partial charge in [0.05, 0.1) is 11.0 Å². The van der Waals surface area contributed by atoms with Crippen LogP contribution in [0.2, 0.25) is 0 Å². The first-order chi connectivity index (χ1) is 16.0. The van der Waals surface area contributed by atoms with E-state index in [9.17, 15) is 14.4 Å². The van der Waals surface area contributed by atoms with Gasteiger partial charge < -0.3 is 4.74 Å². The lowest BCUT2D eigenvalue weighted by Gasteiger charge is -2.61. The number of hydrogen-bond donors (Lipinski definition) is 0. The largest absolute Gasteiger partial charge is 0.486 e. The number of allylic oxidation sites excluding steroid dienone is 7. The monoisotopic (exact) mass is 480 g/mol. The van der Waals surface area contributed by atoms with Crippen molar-refractivity contribution in [1.82, 2.24) is 0 Å². The van der Waals surface area contributed by atoms with E-state index >= 15 is 0 Å². The molecule has 1 saturated carbocycles. The van der Waals surface area contributed by atoms with Crippen molar-refractivity contribution < 1.29 is 19.1 Å². The second-order valence-corrected chi connectivity index (χ2v) is 12.7. The Kier molecular flexibility index (Phi) is 7.05. The summed E-state index contributed by atoms with van der Waals surface area (Å²) in [5, 5.41) is 0. The molecule has 0 amide bonds. The third kappa shape index (κ3) is 4.11. The maximum atomic E-state index is 14.7. The zero-order valence-corrected chi connectivity index (χ0v) is 23.4. The average Bonchev–Trinajstić information content (AvgIpc) is 2.73. The fourth-order valence-electron chi connectivity index (χ4n) is 6.56. The van der Waals surface area contributed by atoms with Crippen LogP contribution in [0.3, 0.4) is 0 Å². The molecule has 2 aliphatic carbocycles. The first-order valence-electron chi connectivity index (χ1n) is 13.1. The summed E-state index contributed by atoms with van der Waals surface area (Å²) in [5.74, 6) is -0.868. The number of fused-ring (bicyclic) bond motifs is 3. The van der Waals surface area contributed by atoms with Crippen LogP contribution in [0, 0.1) is 28.1 Å². The predicted molar refractivity (Wildman–Crippen MR) is 141 cm³/mol. The normalized spacial score (nSPS) is 33.3. The van der Waals surface area contributed by atoms with Gasteiger partial charge >= 0.3 is 0 Å². The molecule has 1 aliphatic heterocycles. The molecule has 4 atom stereocenters. The molecule has 192 valence electrons. The molecule has 3 aliphatic rings. The molecule has 0 N–H and O–H groups in total. The van der Waals surface area contributed by atoms with E-state index in [0.717, 1.165) is 12.8 Å². The lowest BCUT2D eigenvalue weighted by molar-refractivity contribution is -0.181. The highest BCUT2D eigenvalue weighted by atomic mass is 16.5. The minimum atomic E-state index is -1.71. The summed E-state index contributed by atoms with van der Waals surface area (Å²) in [6.45, 7) is 19.7. The van der Waals surface area contributed by atoms with Crippen molar-refractivity contribution in [3.8, 4) is 0 Å². The van der Waals surface area contributed by atoms with Gasteiger partial charge in [0.25, 0.3) is 0 Å². The van der Waals surface area contributed by atoms with E-state index in [-0.39, 0.29) is 23.3 Å². The van der Waals surface area contributed by atoms with E-state index in [0.29, 0.717) is 24.2 Å². The van der Waals surface area contributed by atoms with E-state index in [2.05, 4.69) is 39.8 Å². The second-order valence-electron chi connectivity index (χ2n) is 12.7. The first-order valence-corrected chi connectivity index (χ1v) is 13.1. The Hall–Kier alpha value is -2.23. The molecule has 4 heteroatoms. The molecule has 4 nitrogen and oxygen atoms in total. The summed E-state index contributed by atoms with van der Waals surface area (Å²) in [4.78, 5) is 43.4. The molecule has 2 bridgehead atoms. The summed E-state index contributed by atoms with van der Waals surface area (Å²) in [5.41, 5.74) is -1.36. The molecule has 3 rings (SSSR count). The van der Waals surface area contributed by atoms with Gasteiger partial charge in [-0.2, -0.15) is 0 Å². The van der Waals surface area contributed by atoms with Crippen LogP contribution in [0.15, 0.2) is 46.8 Å². The van der Waals surface area contributed by atoms with Crippen molar-refractivity contribution >= 4 is 17.3 Å². The molecule has 0 spiro atoms. The Balaban J connectivity index is 2.37. The lowest BCUT2D eigenvalue weighted by atomic mass is 9.38. The molecule has 35 heavy (non-hydrogen) atoms. The zero-order chi connectivity index (χ0) is 26.6. The van der Waals surface area contributed by atoms with Crippen molar-refractivity contribution in [2.75, 3.05) is 0 Å². The number of carbonyl (C=O) groups excluding carboxylic acids is 3. The molecule has 1 heterocycles. The highest BCUT2D eigenvalue weighted by Gasteiger charge is 2.75. The Morgan fingerprint density at radius 1 is 1.06 bits per heavy atom. The fraction of sp³-hybridized carbons (Fsp3) is 0.645. The van der Waals surface area contributed by atoms with Crippen LogP contribution in [-0.4, -0.2) is 23.0 Å². The predicted octanol–water partition coefficient (Wildman–Crippen LogP) is 7.10.